The molecule has 5 nitrogen and oxygen atoms in total. The number of aromatic amines is 1. The van der Waals surface area contributed by atoms with Gasteiger partial charge in [0, 0.05) is 55.5 Å². The van der Waals surface area contributed by atoms with Crippen molar-refractivity contribution in [2.75, 3.05) is 38.0 Å². The Labute approximate surface area is 166 Å². The van der Waals surface area contributed by atoms with Crippen molar-refractivity contribution in [1.82, 2.24) is 14.8 Å². The number of anilines is 1. The summed E-state index contributed by atoms with van der Waals surface area (Å²) in [5, 5.41) is 4.39. The zero-order valence-corrected chi connectivity index (χ0v) is 16.7. The SMILES string of the molecule is Cc1cccc(NC(=O)N2CCN(CCc3c[nH]c4ccccc34)CC2)c1C. The molecule has 0 spiro atoms. The molecular weight excluding hydrogens is 348 g/mol. The molecule has 0 saturated carbocycles. The first kappa shape index (κ1) is 18.6. The molecule has 4 rings (SSSR count). The van der Waals surface area contributed by atoms with Crippen molar-refractivity contribution in [1.29, 1.82) is 0 Å². The third-order valence-corrected chi connectivity index (χ3v) is 5.88. The molecule has 3 aromatic rings. The Morgan fingerprint density at radius 2 is 1.82 bits per heavy atom. The number of amides is 2. The lowest BCUT2D eigenvalue weighted by Gasteiger charge is -2.34. The van der Waals surface area contributed by atoms with Gasteiger partial charge in [-0.25, -0.2) is 4.79 Å². The topological polar surface area (TPSA) is 51.4 Å². The number of aromatic nitrogens is 1. The number of H-pyrrole nitrogens is 1. The number of piperazine rings is 1. The highest BCUT2D eigenvalue weighted by atomic mass is 16.2. The number of carbonyl (C=O) groups is 1. The van der Waals surface area contributed by atoms with Gasteiger partial charge in [-0.15, -0.1) is 0 Å². The number of aryl methyl sites for hydroxylation is 1. The van der Waals surface area contributed by atoms with E-state index in [4.69, 9.17) is 0 Å². The van der Waals surface area contributed by atoms with Crippen molar-refractivity contribution >= 4 is 22.6 Å². The van der Waals surface area contributed by atoms with Crippen molar-refractivity contribution in [2.24, 2.45) is 0 Å². The second-order valence-corrected chi connectivity index (χ2v) is 7.62. The number of para-hydroxylation sites is 1. The van der Waals surface area contributed by atoms with Gasteiger partial charge in [-0.3, -0.25) is 4.90 Å². The fourth-order valence-corrected chi connectivity index (χ4v) is 3.87. The number of fused-ring (bicyclic) bond motifs is 1. The Kier molecular flexibility index (Phi) is 5.35. The first-order valence-corrected chi connectivity index (χ1v) is 10.0. The number of carbonyl (C=O) groups excluding carboxylic acids is 1. The molecule has 0 atom stereocenters. The smallest absolute Gasteiger partial charge is 0.321 e. The lowest BCUT2D eigenvalue weighted by atomic mass is 10.1. The molecule has 2 N–H and O–H groups in total. The molecule has 0 unspecified atom stereocenters. The van der Waals surface area contributed by atoms with Crippen LogP contribution in [-0.2, 0) is 6.42 Å². The minimum atomic E-state index is 0.00461. The second-order valence-electron chi connectivity index (χ2n) is 7.62. The second kappa shape index (κ2) is 8.07. The van der Waals surface area contributed by atoms with Crippen LogP contribution >= 0.6 is 0 Å². The third kappa shape index (κ3) is 3.90. The van der Waals surface area contributed by atoms with E-state index in [2.05, 4.69) is 58.7 Å². The van der Waals surface area contributed by atoms with Gasteiger partial charge in [0.25, 0.3) is 0 Å². The molecule has 1 aliphatic rings. The van der Waals surface area contributed by atoms with Crippen molar-refractivity contribution in [3.8, 4) is 0 Å². The van der Waals surface area contributed by atoms with Crippen LogP contribution in [-0.4, -0.2) is 53.5 Å². The largest absolute Gasteiger partial charge is 0.361 e. The molecule has 0 bridgehead atoms. The molecule has 1 aromatic heterocycles. The summed E-state index contributed by atoms with van der Waals surface area (Å²) in [5.41, 5.74) is 5.80. The van der Waals surface area contributed by atoms with Crippen LogP contribution in [0.2, 0.25) is 0 Å². The molecule has 1 fully saturated rings. The summed E-state index contributed by atoms with van der Waals surface area (Å²) in [7, 11) is 0. The molecule has 0 radical (unpaired) electrons. The molecule has 1 saturated heterocycles. The number of nitrogens with one attached hydrogen (secondary N) is 2. The fourth-order valence-electron chi connectivity index (χ4n) is 3.87. The van der Waals surface area contributed by atoms with E-state index >= 15 is 0 Å². The first-order valence-electron chi connectivity index (χ1n) is 10.0. The molecule has 28 heavy (non-hydrogen) atoms. The fraction of sp³-hybridized carbons (Fsp3) is 0.348. The maximum atomic E-state index is 12.6. The molecule has 146 valence electrons. The summed E-state index contributed by atoms with van der Waals surface area (Å²) >= 11 is 0. The third-order valence-electron chi connectivity index (χ3n) is 5.88. The van der Waals surface area contributed by atoms with E-state index < -0.39 is 0 Å². The van der Waals surface area contributed by atoms with E-state index in [0.29, 0.717) is 0 Å². The van der Waals surface area contributed by atoms with E-state index in [-0.39, 0.29) is 6.03 Å². The molecule has 2 amide bonds. The van der Waals surface area contributed by atoms with Gasteiger partial charge in [-0.05, 0) is 49.1 Å². The van der Waals surface area contributed by atoms with Crippen LogP contribution in [0, 0.1) is 13.8 Å². The van der Waals surface area contributed by atoms with Crippen molar-refractivity contribution in [3.05, 3.63) is 65.4 Å². The van der Waals surface area contributed by atoms with Crippen LogP contribution < -0.4 is 5.32 Å². The van der Waals surface area contributed by atoms with Gasteiger partial charge in [0.1, 0.15) is 0 Å². The van der Waals surface area contributed by atoms with E-state index in [1.54, 1.807) is 0 Å². The highest BCUT2D eigenvalue weighted by Gasteiger charge is 2.21. The lowest BCUT2D eigenvalue weighted by molar-refractivity contribution is 0.148. The van der Waals surface area contributed by atoms with Crippen molar-refractivity contribution in [3.63, 3.8) is 0 Å². The summed E-state index contributed by atoms with van der Waals surface area (Å²) in [6.07, 6.45) is 3.15. The average molecular weight is 377 g/mol. The Morgan fingerprint density at radius 3 is 2.64 bits per heavy atom. The van der Waals surface area contributed by atoms with Crippen LogP contribution in [0.4, 0.5) is 10.5 Å². The Bertz CT molecular complexity index is 970. The molecule has 0 aliphatic carbocycles. The highest BCUT2D eigenvalue weighted by Crippen LogP contribution is 2.20. The number of urea groups is 1. The van der Waals surface area contributed by atoms with Gasteiger partial charge in [0.15, 0.2) is 0 Å². The van der Waals surface area contributed by atoms with Gasteiger partial charge in [-0.2, -0.15) is 0 Å². The van der Waals surface area contributed by atoms with Crippen LogP contribution in [0.5, 0.6) is 0 Å². The van der Waals surface area contributed by atoms with Crippen LogP contribution in [0.15, 0.2) is 48.7 Å². The lowest BCUT2D eigenvalue weighted by Crippen LogP contribution is -2.50. The van der Waals surface area contributed by atoms with Crippen LogP contribution in [0.1, 0.15) is 16.7 Å². The van der Waals surface area contributed by atoms with Gasteiger partial charge in [0.2, 0.25) is 0 Å². The number of hydrogen-bond donors (Lipinski definition) is 2. The zero-order valence-electron chi connectivity index (χ0n) is 16.7. The normalized spacial score (nSPS) is 15.1. The minimum absolute atomic E-state index is 0.00461. The Hall–Kier alpha value is -2.79. The summed E-state index contributed by atoms with van der Waals surface area (Å²) in [4.78, 5) is 20.3. The molecule has 2 heterocycles. The van der Waals surface area contributed by atoms with Gasteiger partial charge in [0.05, 0.1) is 0 Å². The van der Waals surface area contributed by atoms with Crippen molar-refractivity contribution in [2.45, 2.75) is 20.3 Å². The van der Waals surface area contributed by atoms with Crippen LogP contribution in [0.3, 0.4) is 0 Å². The molecular formula is C23H28N4O. The molecule has 5 heteroatoms. The average Bonchev–Trinajstić information content (AvgIpc) is 3.13. The van der Waals surface area contributed by atoms with E-state index in [0.717, 1.165) is 50.4 Å². The molecule has 1 aliphatic heterocycles. The monoisotopic (exact) mass is 376 g/mol. The summed E-state index contributed by atoms with van der Waals surface area (Å²) < 4.78 is 0. The van der Waals surface area contributed by atoms with E-state index in [1.165, 1.54) is 22.0 Å². The summed E-state index contributed by atoms with van der Waals surface area (Å²) in [6, 6.07) is 14.5. The maximum absolute atomic E-state index is 12.6. The predicted molar refractivity (Wildman–Crippen MR) is 115 cm³/mol. The number of hydrogen-bond acceptors (Lipinski definition) is 2. The molecule has 2 aromatic carbocycles. The zero-order chi connectivity index (χ0) is 19.5. The highest BCUT2D eigenvalue weighted by molar-refractivity contribution is 5.90. The summed E-state index contributed by atoms with van der Waals surface area (Å²) in [5.74, 6) is 0. The quantitative estimate of drug-likeness (QED) is 0.718. The maximum Gasteiger partial charge on any atom is 0.321 e. The number of benzene rings is 2. The summed E-state index contributed by atoms with van der Waals surface area (Å²) in [6.45, 7) is 8.51. The van der Waals surface area contributed by atoms with Gasteiger partial charge >= 0.3 is 6.03 Å². The van der Waals surface area contributed by atoms with E-state index in [1.807, 2.05) is 24.0 Å². The Morgan fingerprint density at radius 1 is 1.04 bits per heavy atom. The van der Waals surface area contributed by atoms with Gasteiger partial charge < -0.3 is 15.2 Å². The minimum Gasteiger partial charge on any atom is -0.361 e. The van der Waals surface area contributed by atoms with Crippen LogP contribution in [0.25, 0.3) is 10.9 Å². The van der Waals surface area contributed by atoms with Crippen molar-refractivity contribution < 1.29 is 4.79 Å². The number of nitrogens with zero attached hydrogens (tertiary/aromatic N) is 2. The van der Waals surface area contributed by atoms with E-state index in [9.17, 15) is 4.79 Å². The number of rotatable bonds is 4. The Balaban J connectivity index is 1.28. The van der Waals surface area contributed by atoms with Gasteiger partial charge in [-0.1, -0.05) is 30.3 Å². The predicted octanol–water partition coefficient (Wildman–Crippen LogP) is 4.18. The standard InChI is InChI=1S/C23H28N4O/c1-17-6-5-9-21(18(17)2)25-23(28)27-14-12-26(13-15-27)11-10-19-16-24-22-8-4-3-7-20(19)22/h3-9,16,24H,10-15H2,1-2H3,(H,25,28). The first-order chi connectivity index (χ1) is 13.6.